The van der Waals surface area contributed by atoms with Gasteiger partial charge in [-0.15, -0.1) is 0 Å². The Balaban J connectivity index is 1.66. The molecule has 0 bridgehead atoms. The van der Waals surface area contributed by atoms with Gasteiger partial charge in [0.2, 0.25) is 0 Å². The summed E-state index contributed by atoms with van der Waals surface area (Å²) in [6.45, 7) is 4.77. The maximum absolute atomic E-state index is 13.5. The molecule has 114 valence electrons. The fourth-order valence-corrected chi connectivity index (χ4v) is 3.04. The van der Waals surface area contributed by atoms with Gasteiger partial charge >= 0.3 is 0 Å². The highest BCUT2D eigenvalue weighted by Crippen LogP contribution is 2.27. The highest BCUT2D eigenvalue weighted by atomic mass is 32.2. The normalized spacial score (nSPS) is 16.7. The Kier molecular flexibility index (Phi) is 4.37. The largest absolute Gasteiger partial charge is 0.431 e. The second kappa shape index (κ2) is 6.25. The number of thioether (sulfide) groups is 1. The first kappa shape index (κ1) is 14.7. The molecule has 1 aromatic heterocycles. The number of benzene rings is 1. The SMILES string of the molecule is Fc1cc2oc(SCCN3CCNCC3)nc2c(F)c1F. The second-order valence-corrected chi connectivity index (χ2v) is 5.80. The van der Waals surface area contributed by atoms with Crippen molar-refractivity contribution in [2.24, 2.45) is 0 Å². The Bertz CT molecular complexity index is 643. The van der Waals surface area contributed by atoms with Crippen LogP contribution in [-0.4, -0.2) is 48.4 Å². The Morgan fingerprint density at radius 3 is 2.76 bits per heavy atom. The van der Waals surface area contributed by atoms with Crippen molar-refractivity contribution in [3.63, 3.8) is 0 Å². The molecule has 1 saturated heterocycles. The molecule has 0 unspecified atom stereocenters. The van der Waals surface area contributed by atoms with Gasteiger partial charge in [0, 0.05) is 44.5 Å². The van der Waals surface area contributed by atoms with Gasteiger partial charge < -0.3 is 9.73 Å². The number of rotatable bonds is 4. The van der Waals surface area contributed by atoms with E-state index in [1.807, 2.05) is 0 Å². The standard InChI is InChI=1S/C13H14F3N3OS/c14-8-7-9-12(11(16)10(8)15)18-13(20-9)21-6-5-19-3-1-17-2-4-19/h7,17H,1-6H2. The average Bonchev–Trinajstić information content (AvgIpc) is 2.89. The summed E-state index contributed by atoms with van der Waals surface area (Å²) in [5.74, 6) is -3.37. The third-order valence-electron chi connectivity index (χ3n) is 3.34. The zero-order valence-electron chi connectivity index (χ0n) is 11.2. The van der Waals surface area contributed by atoms with Crippen molar-refractivity contribution < 1.29 is 17.6 Å². The molecule has 4 nitrogen and oxygen atoms in total. The van der Waals surface area contributed by atoms with Gasteiger partial charge in [-0.1, -0.05) is 11.8 Å². The van der Waals surface area contributed by atoms with E-state index in [2.05, 4.69) is 15.2 Å². The monoisotopic (exact) mass is 317 g/mol. The van der Waals surface area contributed by atoms with E-state index >= 15 is 0 Å². The summed E-state index contributed by atoms with van der Waals surface area (Å²) in [6, 6.07) is 0.821. The lowest BCUT2D eigenvalue weighted by Crippen LogP contribution is -2.44. The number of nitrogens with one attached hydrogen (secondary N) is 1. The Hall–Kier alpha value is -1.25. The minimum absolute atomic E-state index is 0.0731. The van der Waals surface area contributed by atoms with Crippen molar-refractivity contribution in [2.75, 3.05) is 38.5 Å². The predicted octanol–water partition coefficient (Wildman–Crippen LogP) is 2.24. The lowest BCUT2D eigenvalue weighted by Gasteiger charge is -2.26. The zero-order chi connectivity index (χ0) is 14.8. The Labute approximate surface area is 123 Å². The van der Waals surface area contributed by atoms with Crippen LogP contribution in [0.2, 0.25) is 0 Å². The zero-order valence-corrected chi connectivity index (χ0v) is 12.0. The molecule has 2 heterocycles. The molecule has 0 aliphatic carbocycles. The molecule has 1 N–H and O–H groups in total. The number of hydrogen-bond donors (Lipinski definition) is 1. The van der Waals surface area contributed by atoms with Crippen molar-refractivity contribution in [1.29, 1.82) is 0 Å². The van der Waals surface area contributed by atoms with Crippen LogP contribution >= 0.6 is 11.8 Å². The van der Waals surface area contributed by atoms with Crippen LogP contribution in [0.5, 0.6) is 0 Å². The molecule has 1 aliphatic rings. The predicted molar refractivity (Wildman–Crippen MR) is 73.9 cm³/mol. The van der Waals surface area contributed by atoms with E-state index in [4.69, 9.17) is 4.42 Å². The molecule has 0 radical (unpaired) electrons. The molecule has 1 aromatic carbocycles. The summed E-state index contributed by atoms with van der Waals surface area (Å²) in [5, 5.41) is 3.49. The highest BCUT2D eigenvalue weighted by molar-refractivity contribution is 7.99. The fourth-order valence-electron chi connectivity index (χ4n) is 2.21. The molecule has 2 aromatic rings. The molecular weight excluding hydrogens is 303 g/mol. The van der Waals surface area contributed by atoms with Gasteiger partial charge in [-0.2, -0.15) is 0 Å². The number of fused-ring (bicyclic) bond motifs is 1. The second-order valence-electron chi connectivity index (χ2n) is 4.75. The third-order valence-corrected chi connectivity index (χ3v) is 4.15. The van der Waals surface area contributed by atoms with E-state index in [0.29, 0.717) is 0 Å². The number of aromatic nitrogens is 1. The first-order valence-electron chi connectivity index (χ1n) is 6.65. The molecule has 0 saturated carbocycles. The van der Waals surface area contributed by atoms with Crippen molar-refractivity contribution >= 4 is 22.9 Å². The van der Waals surface area contributed by atoms with Crippen molar-refractivity contribution in [2.45, 2.75) is 5.22 Å². The van der Waals surface area contributed by atoms with Crippen LogP contribution in [0.3, 0.4) is 0 Å². The maximum Gasteiger partial charge on any atom is 0.256 e. The van der Waals surface area contributed by atoms with E-state index in [0.717, 1.165) is 44.5 Å². The van der Waals surface area contributed by atoms with Crippen LogP contribution in [0.4, 0.5) is 13.2 Å². The lowest BCUT2D eigenvalue weighted by atomic mass is 10.3. The van der Waals surface area contributed by atoms with Crippen LogP contribution in [0.15, 0.2) is 15.7 Å². The van der Waals surface area contributed by atoms with Crippen LogP contribution in [0.25, 0.3) is 11.1 Å². The molecule has 3 rings (SSSR count). The van der Waals surface area contributed by atoms with Gasteiger partial charge in [-0.05, 0) is 0 Å². The number of oxazole rings is 1. The van der Waals surface area contributed by atoms with Crippen LogP contribution in [0.1, 0.15) is 0 Å². The summed E-state index contributed by atoms with van der Waals surface area (Å²) in [7, 11) is 0. The van der Waals surface area contributed by atoms with E-state index in [9.17, 15) is 13.2 Å². The Morgan fingerprint density at radius 1 is 1.24 bits per heavy atom. The van der Waals surface area contributed by atoms with Crippen LogP contribution in [0, 0.1) is 17.5 Å². The molecule has 1 aliphatic heterocycles. The van der Waals surface area contributed by atoms with E-state index in [1.165, 1.54) is 11.8 Å². The van der Waals surface area contributed by atoms with E-state index in [-0.39, 0.29) is 16.3 Å². The van der Waals surface area contributed by atoms with E-state index in [1.54, 1.807) is 0 Å². The topological polar surface area (TPSA) is 41.3 Å². The first-order valence-corrected chi connectivity index (χ1v) is 7.63. The molecule has 0 amide bonds. The minimum Gasteiger partial charge on any atom is -0.431 e. The highest BCUT2D eigenvalue weighted by Gasteiger charge is 2.19. The molecular formula is C13H14F3N3OS. The van der Waals surface area contributed by atoms with Gasteiger partial charge in [0.15, 0.2) is 23.0 Å². The van der Waals surface area contributed by atoms with Gasteiger partial charge in [0.25, 0.3) is 5.22 Å². The minimum atomic E-state index is -1.52. The molecule has 0 spiro atoms. The smallest absolute Gasteiger partial charge is 0.256 e. The molecule has 1 fully saturated rings. The van der Waals surface area contributed by atoms with Gasteiger partial charge in [-0.25, -0.2) is 18.2 Å². The summed E-state index contributed by atoms with van der Waals surface area (Å²) >= 11 is 1.31. The van der Waals surface area contributed by atoms with Gasteiger partial charge in [-0.3, -0.25) is 4.90 Å². The summed E-state index contributed by atoms with van der Waals surface area (Å²) in [6.07, 6.45) is 0. The quantitative estimate of drug-likeness (QED) is 0.692. The summed E-state index contributed by atoms with van der Waals surface area (Å²) in [4.78, 5) is 6.18. The number of nitrogens with zero attached hydrogens (tertiary/aromatic N) is 2. The Morgan fingerprint density at radius 2 is 2.00 bits per heavy atom. The van der Waals surface area contributed by atoms with Gasteiger partial charge in [0.1, 0.15) is 5.52 Å². The lowest BCUT2D eigenvalue weighted by molar-refractivity contribution is 0.255. The van der Waals surface area contributed by atoms with E-state index < -0.39 is 17.5 Å². The third kappa shape index (κ3) is 3.17. The molecule has 0 atom stereocenters. The number of hydrogen-bond acceptors (Lipinski definition) is 5. The van der Waals surface area contributed by atoms with Crippen molar-refractivity contribution in [3.8, 4) is 0 Å². The first-order chi connectivity index (χ1) is 10.1. The molecule has 21 heavy (non-hydrogen) atoms. The summed E-state index contributed by atoms with van der Waals surface area (Å²) in [5.41, 5.74) is -0.338. The number of halogens is 3. The maximum atomic E-state index is 13.5. The summed E-state index contributed by atoms with van der Waals surface area (Å²) < 4.78 is 45.0. The van der Waals surface area contributed by atoms with Crippen LogP contribution < -0.4 is 5.32 Å². The molecule has 8 heteroatoms. The van der Waals surface area contributed by atoms with Crippen LogP contribution in [-0.2, 0) is 0 Å². The fraction of sp³-hybridized carbons (Fsp3) is 0.462. The van der Waals surface area contributed by atoms with Crippen molar-refractivity contribution in [1.82, 2.24) is 15.2 Å². The average molecular weight is 317 g/mol. The van der Waals surface area contributed by atoms with Crippen molar-refractivity contribution in [3.05, 3.63) is 23.5 Å². The number of piperazine rings is 1. The van der Waals surface area contributed by atoms with Gasteiger partial charge in [0.05, 0.1) is 0 Å².